The van der Waals surface area contributed by atoms with Gasteiger partial charge in [0.15, 0.2) is 9.84 Å². The molecule has 124 valence electrons. The highest BCUT2D eigenvalue weighted by Crippen LogP contribution is 2.29. The Bertz CT molecular complexity index is 596. The van der Waals surface area contributed by atoms with Crippen LogP contribution in [0.1, 0.15) is 24.0 Å². The Morgan fingerprint density at radius 2 is 1.86 bits per heavy atom. The standard InChI is InChI=1S/C15H20F3NO2S/c1-19(14-8-10-22(20,21)11-14)9-2-3-12-4-6-13(7-5-12)15(16,17)18/h4-7,14H,2-3,8-11H2,1H3/t14-/m0/s1. The average molecular weight is 335 g/mol. The zero-order chi connectivity index (χ0) is 16.4. The zero-order valence-corrected chi connectivity index (χ0v) is 13.3. The van der Waals surface area contributed by atoms with E-state index in [2.05, 4.69) is 0 Å². The van der Waals surface area contributed by atoms with Crippen LogP contribution in [0.25, 0.3) is 0 Å². The molecule has 3 nitrogen and oxygen atoms in total. The lowest BCUT2D eigenvalue weighted by Crippen LogP contribution is -2.33. The van der Waals surface area contributed by atoms with Crippen LogP contribution in [-0.4, -0.2) is 44.5 Å². The van der Waals surface area contributed by atoms with Crippen molar-refractivity contribution >= 4 is 9.84 Å². The molecule has 1 heterocycles. The number of hydrogen-bond donors (Lipinski definition) is 0. The molecule has 0 spiro atoms. The summed E-state index contributed by atoms with van der Waals surface area (Å²) in [5, 5.41) is 0. The van der Waals surface area contributed by atoms with Gasteiger partial charge >= 0.3 is 6.18 Å². The minimum atomic E-state index is -4.30. The van der Waals surface area contributed by atoms with Gasteiger partial charge in [0.2, 0.25) is 0 Å². The van der Waals surface area contributed by atoms with Gasteiger partial charge in [0, 0.05) is 6.04 Å². The van der Waals surface area contributed by atoms with Crippen LogP contribution in [-0.2, 0) is 22.4 Å². The SMILES string of the molecule is CN(CCCc1ccc(C(F)(F)F)cc1)[C@H]1CCS(=O)(=O)C1. The van der Waals surface area contributed by atoms with E-state index in [1.165, 1.54) is 12.1 Å². The molecule has 22 heavy (non-hydrogen) atoms. The molecular formula is C15H20F3NO2S. The molecule has 1 aliphatic heterocycles. The van der Waals surface area contributed by atoms with Gasteiger partial charge in [0.25, 0.3) is 0 Å². The first-order valence-corrected chi connectivity index (χ1v) is 9.06. The monoisotopic (exact) mass is 335 g/mol. The smallest absolute Gasteiger partial charge is 0.302 e. The molecule has 1 aromatic carbocycles. The molecule has 0 amide bonds. The van der Waals surface area contributed by atoms with E-state index in [1.54, 1.807) is 0 Å². The Morgan fingerprint density at radius 1 is 1.23 bits per heavy atom. The first kappa shape index (κ1) is 17.3. The third-order valence-electron chi connectivity index (χ3n) is 4.09. The van der Waals surface area contributed by atoms with E-state index in [1.807, 2.05) is 11.9 Å². The lowest BCUT2D eigenvalue weighted by Gasteiger charge is -2.22. The molecule has 1 aromatic rings. The van der Waals surface area contributed by atoms with Gasteiger partial charge < -0.3 is 4.90 Å². The maximum Gasteiger partial charge on any atom is 0.416 e. The summed E-state index contributed by atoms with van der Waals surface area (Å²) in [5.74, 6) is 0.463. The fourth-order valence-electron chi connectivity index (χ4n) is 2.70. The van der Waals surface area contributed by atoms with E-state index in [0.29, 0.717) is 12.8 Å². The second-order valence-corrected chi connectivity index (χ2v) is 8.06. The minimum Gasteiger partial charge on any atom is -0.302 e. The lowest BCUT2D eigenvalue weighted by molar-refractivity contribution is -0.137. The maximum absolute atomic E-state index is 12.5. The second-order valence-electron chi connectivity index (χ2n) is 5.84. The van der Waals surface area contributed by atoms with Crippen LogP contribution >= 0.6 is 0 Å². The second kappa shape index (κ2) is 6.58. The summed E-state index contributed by atoms with van der Waals surface area (Å²) in [6.07, 6.45) is -2.16. The average Bonchev–Trinajstić information content (AvgIpc) is 2.79. The van der Waals surface area contributed by atoms with Gasteiger partial charge in [-0.3, -0.25) is 0 Å². The van der Waals surface area contributed by atoms with Gasteiger partial charge in [-0.05, 0) is 50.6 Å². The van der Waals surface area contributed by atoms with Crippen LogP contribution in [0.3, 0.4) is 0 Å². The molecule has 2 rings (SSSR count). The highest BCUT2D eigenvalue weighted by Gasteiger charge is 2.31. The van der Waals surface area contributed by atoms with Crippen LogP contribution in [0.5, 0.6) is 0 Å². The maximum atomic E-state index is 12.5. The lowest BCUT2D eigenvalue weighted by atomic mass is 10.1. The first-order chi connectivity index (χ1) is 10.2. The molecule has 1 fully saturated rings. The molecule has 0 bridgehead atoms. The van der Waals surface area contributed by atoms with Crippen molar-refractivity contribution in [2.75, 3.05) is 25.1 Å². The quantitative estimate of drug-likeness (QED) is 0.830. The van der Waals surface area contributed by atoms with E-state index in [0.717, 1.165) is 30.7 Å². The van der Waals surface area contributed by atoms with Crippen molar-refractivity contribution in [3.05, 3.63) is 35.4 Å². The number of aryl methyl sites for hydroxylation is 1. The molecule has 0 N–H and O–H groups in total. The number of sulfone groups is 1. The summed E-state index contributed by atoms with van der Waals surface area (Å²) >= 11 is 0. The van der Waals surface area contributed by atoms with Gasteiger partial charge in [-0.2, -0.15) is 13.2 Å². The Hall–Kier alpha value is -1.08. The highest BCUT2D eigenvalue weighted by atomic mass is 32.2. The minimum absolute atomic E-state index is 0.0672. The normalized spacial score (nSPS) is 21.4. The molecule has 0 unspecified atom stereocenters. The fraction of sp³-hybridized carbons (Fsp3) is 0.600. The van der Waals surface area contributed by atoms with E-state index in [4.69, 9.17) is 0 Å². The van der Waals surface area contributed by atoms with Gasteiger partial charge in [-0.25, -0.2) is 8.42 Å². The summed E-state index contributed by atoms with van der Waals surface area (Å²) in [6, 6.07) is 5.27. The molecule has 7 heteroatoms. The van der Waals surface area contributed by atoms with Gasteiger partial charge in [-0.15, -0.1) is 0 Å². The van der Waals surface area contributed by atoms with Crippen molar-refractivity contribution in [3.8, 4) is 0 Å². The highest BCUT2D eigenvalue weighted by molar-refractivity contribution is 7.91. The Labute approximate surface area is 129 Å². The molecule has 0 aromatic heterocycles. The van der Waals surface area contributed by atoms with Crippen LogP contribution in [0.4, 0.5) is 13.2 Å². The number of nitrogens with zero attached hydrogens (tertiary/aromatic N) is 1. The van der Waals surface area contributed by atoms with Crippen LogP contribution in [0.15, 0.2) is 24.3 Å². The number of halogens is 3. The first-order valence-electron chi connectivity index (χ1n) is 7.24. The van der Waals surface area contributed by atoms with Crippen LogP contribution < -0.4 is 0 Å². The van der Waals surface area contributed by atoms with Crippen molar-refractivity contribution in [1.82, 2.24) is 4.90 Å². The van der Waals surface area contributed by atoms with E-state index < -0.39 is 21.6 Å². The zero-order valence-electron chi connectivity index (χ0n) is 12.4. The summed E-state index contributed by atoms with van der Waals surface area (Å²) in [4.78, 5) is 2.04. The van der Waals surface area contributed by atoms with Crippen LogP contribution in [0, 0.1) is 0 Å². The molecule has 0 radical (unpaired) electrons. The fourth-order valence-corrected chi connectivity index (χ4v) is 4.50. The molecular weight excluding hydrogens is 315 g/mol. The number of alkyl halides is 3. The summed E-state index contributed by atoms with van der Waals surface area (Å²) in [6.45, 7) is 0.737. The molecule has 0 saturated carbocycles. The summed E-state index contributed by atoms with van der Waals surface area (Å²) in [7, 11) is -0.984. The summed E-state index contributed by atoms with van der Waals surface area (Å²) in [5.41, 5.74) is 0.227. The third-order valence-corrected chi connectivity index (χ3v) is 5.84. The number of hydrogen-bond acceptors (Lipinski definition) is 3. The molecule has 1 aliphatic rings. The van der Waals surface area contributed by atoms with Crippen molar-refractivity contribution < 1.29 is 21.6 Å². The number of rotatable bonds is 5. The number of benzene rings is 1. The Morgan fingerprint density at radius 3 is 2.36 bits per heavy atom. The van der Waals surface area contributed by atoms with Gasteiger partial charge in [-0.1, -0.05) is 12.1 Å². The Balaban J connectivity index is 1.79. The van der Waals surface area contributed by atoms with Crippen molar-refractivity contribution in [3.63, 3.8) is 0 Å². The van der Waals surface area contributed by atoms with Crippen molar-refractivity contribution in [2.24, 2.45) is 0 Å². The molecule has 0 aliphatic carbocycles. The molecule has 1 atom stereocenters. The predicted octanol–water partition coefficient (Wildman–Crippen LogP) is 2.76. The van der Waals surface area contributed by atoms with Gasteiger partial charge in [0.1, 0.15) is 0 Å². The van der Waals surface area contributed by atoms with E-state index in [9.17, 15) is 21.6 Å². The van der Waals surface area contributed by atoms with Crippen molar-refractivity contribution in [2.45, 2.75) is 31.5 Å². The van der Waals surface area contributed by atoms with E-state index >= 15 is 0 Å². The summed E-state index contributed by atoms with van der Waals surface area (Å²) < 4.78 is 60.2. The largest absolute Gasteiger partial charge is 0.416 e. The third kappa shape index (κ3) is 4.71. The topological polar surface area (TPSA) is 37.4 Å². The van der Waals surface area contributed by atoms with Gasteiger partial charge in [0.05, 0.1) is 17.1 Å². The predicted molar refractivity (Wildman–Crippen MR) is 79.5 cm³/mol. The van der Waals surface area contributed by atoms with Crippen LogP contribution in [0.2, 0.25) is 0 Å². The van der Waals surface area contributed by atoms with E-state index in [-0.39, 0.29) is 17.5 Å². The molecule has 1 saturated heterocycles. The Kier molecular flexibility index (Phi) is 5.17. The van der Waals surface area contributed by atoms with Crippen molar-refractivity contribution in [1.29, 1.82) is 0 Å².